The van der Waals surface area contributed by atoms with E-state index in [1.165, 1.54) is 24.1 Å². The van der Waals surface area contributed by atoms with Crippen molar-refractivity contribution in [3.8, 4) is 11.3 Å². The van der Waals surface area contributed by atoms with Gasteiger partial charge >= 0.3 is 0 Å². The first-order valence-electron chi connectivity index (χ1n) is 11.0. The largest absolute Gasteiger partial charge is 0.309 e. The predicted octanol–water partition coefficient (Wildman–Crippen LogP) is 3.40. The summed E-state index contributed by atoms with van der Waals surface area (Å²) in [5, 5.41) is 21.0. The molecule has 1 saturated carbocycles. The average Bonchev–Trinajstić information content (AvgIpc) is 3.38. The molecule has 5 heterocycles. The number of nitrogens with zero attached hydrogens (tertiary/aromatic N) is 9. The number of hydrogen-bond donors (Lipinski definition) is 1. The maximum Gasteiger partial charge on any atom is 0.228 e. The highest BCUT2D eigenvalue weighted by Crippen LogP contribution is 2.36. The highest BCUT2D eigenvalue weighted by molar-refractivity contribution is 5.65. The molecule has 0 bridgehead atoms. The van der Waals surface area contributed by atoms with Crippen molar-refractivity contribution in [3.05, 3.63) is 65.6 Å². The minimum atomic E-state index is 0.511. The molecule has 1 fully saturated rings. The van der Waals surface area contributed by atoms with E-state index < -0.39 is 0 Å². The summed E-state index contributed by atoms with van der Waals surface area (Å²) >= 11 is 0. The quantitative estimate of drug-likeness (QED) is 0.431. The van der Waals surface area contributed by atoms with Crippen molar-refractivity contribution in [3.63, 3.8) is 0 Å². The van der Waals surface area contributed by atoms with E-state index in [9.17, 15) is 0 Å². The molecular formula is C23H24N10. The first-order chi connectivity index (χ1) is 16.1. The molecule has 0 atom stereocenters. The fraction of sp³-hybridized carbons (Fsp3) is 0.304. The number of pyridine rings is 1. The number of nitrogens with one attached hydrogen (secondary N) is 1. The SMILES string of the molecule is Cc1nn(C2CC2)c(C)c1Cc1nnc2cc(-c3ccnc(Nc4ccnn4C)n3)ccn12. The molecule has 1 N–H and O–H groups in total. The molecule has 0 amide bonds. The number of hydrogen-bond acceptors (Lipinski definition) is 7. The summed E-state index contributed by atoms with van der Waals surface area (Å²) in [6, 6.07) is 8.36. The van der Waals surface area contributed by atoms with Gasteiger partial charge in [0.05, 0.1) is 23.6 Å². The lowest BCUT2D eigenvalue weighted by atomic mass is 10.1. The third-order valence-electron chi connectivity index (χ3n) is 6.20. The molecule has 10 nitrogen and oxygen atoms in total. The standard InChI is InChI=1S/C23H24N10/c1-14-18(15(2)33(30-14)17-4-5-17)13-22-29-28-21-12-16(8-11-32(21)22)19-6-9-24-23(26-19)27-20-7-10-25-31(20)3/h6-12,17H,4-5,13H2,1-3H3,(H,24,26,27). The summed E-state index contributed by atoms with van der Waals surface area (Å²) in [7, 11) is 1.86. The van der Waals surface area contributed by atoms with Crippen molar-refractivity contribution in [2.45, 2.75) is 39.2 Å². The highest BCUT2D eigenvalue weighted by atomic mass is 15.3. The van der Waals surface area contributed by atoms with Crippen LogP contribution < -0.4 is 5.32 Å². The number of rotatable bonds is 6. The maximum absolute atomic E-state index is 4.76. The predicted molar refractivity (Wildman–Crippen MR) is 123 cm³/mol. The Balaban J connectivity index is 1.29. The van der Waals surface area contributed by atoms with Gasteiger partial charge in [-0.1, -0.05) is 0 Å². The normalized spacial score (nSPS) is 13.7. The molecule has 10 heteroatoms. The first-order valence-corrected chi connectivity index (χ1v) is 11.0. The fourth-order valence-corrected chi connectivity index (χ4v) is 4.20. The maximum atomic E-state index is 4.76. The van der Waals surface area contributed by atoms with Crippen molar-refractivity contribution < 1.29 is 0 Å². The zero-order chi connectivity index (χ0) is 22.5. The molecule has 33 heavy (non-hydrogen) atoms. The Morgan fingerprint density at radius 3 is 2.76 bits per heavy atom. The van der Waals surface area contributed by atoms with Crippen molar-refractivity contribution in [2.24, 2.45) is 7.05 Å². The Morgan fingerprint density at radius 1 is 1.09 bits per heavy atom. The van der Waals surface area contributed by atoms with Gasteiger partial charge in [0.2, 0.25) is 5.95 Å². The van der Waals surface area contributed by atoms with Crippen molar-refractivity contribution >= 4 is 17.4 Å². The van der Waals surface area contributed by atoms with E-state index in [-0.39, 0.29) is 0 Å². The van der Waals surface area contributed by atoms with Crippen LogP contribution in [-0.4, -0.2) is 44.1 Å². The van der Waals surface area contributed by atoms with E-state index in [4.69, 9.17) is 5.10 Å². The minimum absolute atomic E-state index is 0.511. The molecule has 0 spiro atoms. The van der Waals surface area contributed by atoms with Gasteiger partial charge in [-0.15, -0.1) is 10.2 Å². The van der Waals surface area contributed by atoms with Crippen LogP contribution in [0.25, 0.3) is 16.9 Å². The van der Waals surface area contributed by atoms with Crippen LogP contribution in [0.1, 0.15) is 41.7 Å². The number of fused-ring (bicyclic) bond motifs is 1. The van der Waals surface area contributed by atoms with Gasteiger partial charge in [0.1, 0.15) is 11.6 Å². The van der Waals surface area contributed by atoms with Crippen LogP contribution in [0.3, 0.4) is 0 Å². The zero-order valence-electron chi connectivity index (χ0n) is 18.8. The van der Waals surface area contributed by atoms with E-state index in [2.05, 4.69) is 49.1 Å². The molecule has 0 aliphatic heterocycles. The Kier molecular flexibility index (Phi) is 4.46. The Labute approximate surface area is 190 Å². The molecule has 0 saturated heterocycles. The van der Waals surface area contributed by atoms with Gasteiger partial charge in [-0.05, 0) is 44.9 Å². The van der Waals surface area contributed by atoms with Crippen LogP contribution in [0, 0.1) is 13.8 Å². The van der Waals surface area contributed by atoms with Crippen LogP contribution in [0.15, 0.2) is 42.9 Å². The van der Waals surface area contributed by atoms with E-state index in [1.807, 2.05) is 41.9 Å². The van der Waals surface area contributed by atoms with Gasteiger partial charge < -0.3 is 5.32 Å². The topological polar surface area (TPSA) is 104 Å². The molecule has 0 unspecified atom stereocenters. The molecule has 6 rings (SSSR count). The van der Waals surface area contributed by atoms with Crippen molar-refractivity contribution in [1.29, 1.82) is 0 Å². The first kappa shape index (κ1) is 19.6. The summed E-state index contributed by atoms with van der Waals surface area (Å²) in [6.45, 7) is 4.23. The molecule has 166 valence electrons. The summed E-state index contributed by atoms with van der Waals surface area (Å²) in [6.07, 6.45) is 8.62. The highest BCUT2D eigenvalue weighted by Gasteiger charge is 2.28. The second kappa shape index (κ2) is 7.51. The second-order valence-electron chi connectivity index (χ2n) is 8.49. The second-order valence-corrected chi connectivity index (χ2v) is 8.49. The summed E-state index contributed by atoms with van der Waals surface area (Å²) in [5.41, 5.74) is 6.08. The summed E-state index contributed by atoms with van der Waals surface area (Å²) in [4.78, 5) is 8.98. The van der Waals surface area contributed by atoms with Gasteiger partial charge in [0.25, 0.3) is 0 Å². The smallest absolute Gasteiger partial charge is 0.228 e. The molecule has 1 aliphatic carbocycles. The number of aryl methyl sites for hydroxylation is 2. The molecule has 0 aromatic carbocycles. The van der Waals surface area contributed by atoms with Crippen molar-refractivity contribution in [2.75, 3.05) is 5.32 Å². The van der Waals surface area contributed by atoms with E-state index >= 15 is 0 Å². The molecular weight excluding hydrogens is 416 g/mol. The van der Waals surface area contributed by atoms with Crippen LogP contribution >= 0.6 is 0 Å². The number of aromatic nitrogens is 9. The Hall–Kier alpha value is -4.08. The van der Waals surface area contributed by atoms with Crippen LogP contribution in [0.5, 0.6) is 0 Å². The number of anilines is 2. The van der Waals surface area contributed by atoms with Gasteiger partial charge in [-0.25, -0.2) is 9.97 Å². The van der Waals surface area contributed by atoms with E-state index in [1.54, 1.807) is 17.1 Å². The Bertz CT molecular complexity index is 1470. The molecule has 1 aliphatic rings. The lowest BCUT2D eigenvalue weighted by Crippen LogP contribution is -2.03. The average molecular weight is 441 g/mol. The fourth-order valence-electron chi connectivity index (χ4n) is 4.20. The van der Waals surface area contributed by atoms with Gasteiger partial charge in [0, 0.05) is 48.7 Å². The van der Waals surface area contributed by atoms with Crippen molar-refractivity contribution in [1.82, 2.24) is 44.1 Å². The zero-order valence-corrected chi connectivity index (χ0v) is 18.8. The summed E-state index contributed by atoms with van der Waals surface area (Å²) in [5.74, 6) is 2.23. The summed E-state index contributed by atoms with van der Waals surface area (Å²) < 4.78 is 5.95. The van der Waals surface area contributed by atoms with Crippen LogP contribution in [-0.2, 0) is 13.5 Å². The van der Waals surface area contributed by atoms with Gasteiger partial charge in [-0.2, -0.15) is 10.2 Å². The van der Waals surface area contributed by atoms with E-state index in [0.717, 1.165) is 34.2 Å². The van der Waals surface area contributed by atoms with E-state index in [0.29, 0.717) is 18.4 Å². The lowest BCUT2D eigenvalue weighted by molar-refractivity contribution is 0.616. The monoisotopic (exact) mass is 440 g/mol. The lowest BCUT2D eigenvalue weighted by Gasteiger charge is -2.07. The van der Waals surface area contributed by atoms with Gasteiger partial charge in [-0.3, -0.25) is 13.8 Å². The molecule has 5 aromatic rings. The minimum Gasteiger partial charge on any atom is -0.309 e. The van der Waals surface area contributed by atoms with Crippen LogP contribution in [0.4, 0.5) is 11.8 Å². The third-order valence-corrected chi connectivity index (χ3v) is 6.20. The van der Waals surface area contributed by atoms with Gasteiger partial charge in [0.15, 0.2) is 5.65 Å². The molecule has 5 aromatic heterocycles. The Morgan fingerprint density at radius 2 is 1.97 bits per heavy atom. The third kappa shape index (κ3) is 3.53. The molecule has 0 radical (unpaired) electrons. The van der Waals surface area contributed by atoms with Crippen LogP contribution in [0.2, 0.25) is 0 Å².